The molecule has 0 saturated carbocycles. The van der Waals surface area contributed by atoms with Crippen LogP contribution in [0.1, 0.15) is 22.3 Å². The quantitative estimate of drug-likeness (QED) is 0.427. The number of carbonyl (C=O) groups excluding carboxylic acids is 1. The standard InChI is InChI=1S/C23H18N2O3/c1-13-12-24-20-18(13)10-11-19-21(20)25-22(28)23(19,14-2-6-16(26)7-3-14)15-4-8-17(27)9-5-15/h2-12,24,26-27H,1H3,(H,25,28). The number of aromatic hydroxyl groups is 2. The van der Waals surface area contributed by atoms with E-state index in [9.17, 15) is 15.0 Å². The van der Waals surface area contributed by atoms with Gasteiger partial charge in [-0.1, -0.05) is 36.4 Å². The fraction of sp³-hybridized carbons (Fsp3) is 0.0870. The number of aryl methyl sites for hydroxylation is 1. The summed E-state index contributed by atoms with van der Waals surface area (Å²) in [6.07, 6.45) is 1.93. The maximum atomic E-state index is 13.5. The van der Waals surface area contributed by atoms with Crippen LogP contribution < -0.4 is 5.32 Å². The number of hydrogen-bond acceptors (Lipinski definition) is 3. The fourth-order valence-corrected chi connectivity index (χ4v) is 4.27. The number of phenolic OH excluding ortho intramolecular Hbond substituents is 2. The number of fused-ring (bicyclic) bond motifs is 3. The number of H-pyrrole nitrogens is 1. The van der Waals surface area contributed by atoms with Crippen molar-refractivity contribution in [2.75, 3.05) is 5.32 Å². The molecule has 0 fully saturated rings. The van der Waals surface area contributed by atoms with E-state index >= 15 is 0 Å². The van der Waals surface area contributed by atoms with Gasteiger partial charge in [0.05, 0.1) is 11.2 Å². The Morgan fingerprint density at radius 2 is 1.39 bits per heavy atom. The van der Waals surface area contributed by atoms with E-state index in [0.717, 1.165) is 38.8 Å². The van der Waals surface area contributed by atoms with E-state index in [2.05, 4.69) is 10.3 Å². The van der Waals surface area contributed by atoms with Crippen LogP contribution in [0.2, 0.25) is 0 Å². The number of aromatic amines is 1. The summed E-state index contributed by atoms with van der Waals surface area (Å²) in [6.45, 7) is 2.02. The van der Waals surface area contributed by atoms with E-state index in [-0.39, 0.29) is 17.4 Å². The summed E-state index contributed by atoms with van der Waals surface area (Å²) in [4.78, 5) is 16.8. The molecule has 3 aromatic carbocycles. The number of amides is 1. The summed E-state index contributed by atoms with van der Waals surface area (Å²) in [5.74, 6) is 0.107. The first-order valence-corrected chi connectivity index (χ1v) is 9.03. The Balaban J connectivity index is 1.88. The molecule has 1 amide bonds. The van der Waals surface area contributed by atoms with Crippen LogP contribution in [0.3, 0.4) is 0 Å². The van der Waals surface area contributed by atoms with Crippen molar-refractivity contribution in [3.8, 4) is 11.5 Å². The van der Waals surface area contributed by atoms with Crippen molar-refractivity contribution in [1.29, 1.82) is 0 Å². The molecule has 1 aromatic heterocycles. The zero-order valence-electron chi connectivity index (χ0n) is 15.2. The molecule has 2 heterocycles. The molecule has 0 spiro atoms. The lowest BCUT2D eigenvalue weighted by Gasteiger charge is -2.29. The zero-order chi connectivity index (χ0) is 19.5. The van der Waals surface area contributed by atoms with Gasteiger partial charge >= 0.3 is 0 Å². The van der Waals surface area contributed by atoms with Crippen molar-refractivity contribution in [2.24, 2.45) is 0 Å². The van der Waals surface area contributed by atoms with E-state index < -0.39 is 5.41 Å². The van der Waals surface area contributed by atoms with Gasteiger partial charge in [0.15, 0.2) is 0 Å². The molecule has 0 atom stereocenters. The third kappa shape index (κ3) is 2.04. The van der Waals surface area contributed by atoms with Crippen LogP contribution in [0.4, 0.5) is 5.69 Å². The molecule has 5 heteroatoms. The third-order valence-electron chi connectivity index (χ3n) is 5.65. The van der Waals surface area contributed by atoms with Gasteiger partial charge in [-0.2, -0.15) is 0 Å². The minimum atomic E-state index is -1.08. The average Bonchev–Trinajstić information content (AvgIpc) is 3.21. The molecule has 0 radical (unpaired) electrons. The number of carbonyl (C=O) groups is 1. The van der Waals surface area contributed by atoms with Gasteiger partial charge in [-0.05, 0) is 47.9 Å². The Morgan fingerprint density at radius 3 is 1.96 bits per heavy atom. The molecule has 5 rings (SSSR count). The summed E-state index contributed by atoms with van der Waals surface area (Å²) in [7, 11) is 0. The Hall–Kier alpha value is -3.73. The largest absolute Gasteiger partial charge is 0.508 e. The van der Waals surface area contributed by atoms with Gasteiger partial charge in [0, 0.05) is 17.1 Å². The van der Waals surface area contributed by atoms with Gasteiger partial charge in [0.25, 0.3) is 0 Å². The van der Waals surface area contributed by atoms with Crippen LogP contribution in [0.25, 0.3) is 10.9 Å². The summed E-state index contributed by atoms with van der Waals surface area (Å²) in [6, 6.07) is 17.4. The van der Waals surface area contributed by atoms with Gasteiger partial charge in [-0.15, -0.1) is 0 Å². The highest BCUT2D eigenvalue weighted by Crippen LogP contribution is 2.50. The highest BCUT2D eigenvalue weighted by Gasteiger charge is 2.50. The molecule has 0 aliphatic carbocycles. The molecule has 0 unspecified atom stereocenters. The van der Waals surface area contributed by atoms with Crippen LogP contribution in [0.15, 0.2) is 66.9 Å². The van der Waals surface area contributed by atoms with E-state index in [1.54, 1.807) is 48.5 Å². The lowest BCUT2D eigenvalue weighted by atomic mass is 9.70. The lowest BCUT2D eigenvalue weighted by Crippen LogP contribution is -2.36. The summed E-state index contributed by atoms with van der Waals surface area (Å²) < 4.78 is 0. The topological polar surface area (TPSA) is 85.3 Å². The maximum absolute atomic E-state index is 13.5. The average molecular weight is 370 g/mol. The van der Waals surface area contributed by atoms with Crippen molar-refractivity contribution in [2.45, 2.75) is 12.3 Å². The van der Waals surface area contributed by atoms with Crippen molar-refractivity contribution in [3.05, 3.63) is 89.1 Å². The molecule has 28 heavy (non-hydrogen) atoms. The zero-order valence-corrected chi connectivity index (χ0v) is 15.2. The highest BCUT2D eigenvalue weighted by atomic mass is 16.3. The first-order valence-electron chi connectivity index (χ1n) is 9.03. The van der Waals surface area contributed by atoms with Gasteiger partial charge in [0.2, 0.25) is 5.91 Å². The summed E-state index contributed by atoms with van der Waals surface area (Å²) in [5, 5.41) is 23.7. The molecule has 0 saturated heterocycles. The molecule has 0 bridgehead atoms. The van der Waals surface area contributed by atoms with Crippen LogP contribution in [0.5, 0.6) is 11.5 Å². The normalized spacial score (nSPS) is 14.8. The van der Waals surface area contributed by atoms with Crippen LogP contribution >= 0.6 is 0 Å². The van der Waals surface area contributed by atoms with Crippen molar-refractivity contribution in [1.82, 2.24) is 4.98 Å². The van der Waals surface area contributed by atoms with Crippen molar-refractivity contribution < 1.29 is 15.0 Å². The molecule has 138 valence electrons. The summed E-state index contributed by atoms with van der Waals surface area (Å²) in [5.41, 5.74) is 4.01. The first kappa shape index (κ1) is 16.4. The predicted molar refractivity (Wildman–Crippen MR) is 108 cm³/mol. The number of phenols is 2. The number of nitrogens with one attached hydrogen (secondary N) is 2. The Morgan fingerprint density at radius 1 is 0.821 bits per heavy atom. The van der Waals surface area contributed by atoms with Gasteiger partial charge in [0.1, 0.15) is 16.9 Å². The van der Waals surface area contributed by atoms with E-state index in [1.807, 2.05) is 25.3 Å². The first-order chi connectivity index (χ1) is 13.5. The fourth-order valence-electron chi connectivity index (χ4n) is 4.27. The second-order valence-electron chi connectivity index (χ2n) is 7.18. The van der Waals surface area contributed by atoms with Gasteiger partial charge in [-0.25, -0.2) is 0 Å². The maximum Gasteiger partial charge on any atom is 0.244 e. The Bertz CT molecular complexity index is 1180. The minimum Gasteiger partial charge on any atom is -0.508 e. The minimum absolute atomic E-state index is 0.138. The molecule has 1 aliphatic heterocycles. The second-order valence-corrected chi connectivity index (χ2v) is 7.18. The summed E-state index contributed by atoms with van der Waals surface area (Å²) >= 11 is 0. The number of anilines is 1. The SMILES string of the molecule is Cc1c[nH]c2c3c(ccc12)C(c1ccc(O)cc1)(c1ccc(O)cc1)C(=O)N3. The Kier molecular flexibility index (Phi) is 3.31. The van der Waals surface area contributed by atoms with Gasteiger partial charge in [-0.3, -0.25) is 4.79 Å². The molecule has 5 nitrogen and oxygen atoms in total. The third-order valence-corrected chi connectivity index (χ3v) is 5.65. The van der Waals surface area contributed by atoms with Crippen molar-refractivity contribution in [3.63, 3.8) is 0 Å². The number of rotatable bonds is 2. The molecular formula is C23H18N2O3. The van der Waals surface area contributed by atoms with E-state index in [1.165, 1.54) is 0 Å². The Labute approximate surface area is 161 Å². The number of aromatic nitrogens is 1. The molecule has 1 aliphatic rings. The highest BCUT2D eigenvalue weighted by molar-refractivity contribution is 6.16. The number of benzene rings is 3. The lowest BCUT2D eigenvalue weighted by molar-refractivity contribution is -0.118. The van der Waals surface area contributed by atoms with Gasteiger partial charge < -0.3 is 20.5 Å². The van der Waals surface area contributed by atoms with E-state index in [4.69, 9.17) is 0 Å². The van der Waals surface area contributed by atoms with Crippen LogP contribution in [-0.4, -0.2) is 21.1 Å². The number of hydrogen-bond donors (Lipinski definition) is 4. The molecular weight excluding hydrogens is 352 g/mol. The monoisotopic (exact) mass is 370 g/mol. The van der Waals surface area contributed by atoms with Crippen LogP contribution in [-0.2, 0) is 10.2 Å². The molecule has 4 aromatic rings. The van der Waals surface area contributed by atoms with E-state index in [0.29, 0.717) is 0 Å². The molecule has 4 N–H and O–H groups in total. The van der Waals surface area contributed by atoms with Crippen molar-refractivity contribution >= 4 is 22.5 Å². The predicted octanol–water partition coefficient (Wildman–Crippen LogP) is 4.17. The van der Waals surface area contributed by atoms with Crippen LogP contribution in [0, 0.1) is 6.92 Å². The second kappa shape index (κ2) is 5.63. The smallest absolute Gasteiger partial charge is 0.244 e.